The van der Waals surface area contributed by atoms with Crippen LogP contribution < -0.4 is 0 Å². The van der Waals surface area contributed by atoms with Gasteiger partial charge in [-0.05, 0) is 0 Å². The molecule has 0 aliphatic rings. The maximum atomic E-state index is 4.16. The largest absolute Gasteiger partial charge is 0.110 e. The van der Waals surface area contributed by atoms with Crippen molar-refractivity contribution in [3.63, 3.8) is 0 Å². The second-order valence-corrected chi connectivity index (χ2v) is 39.4. The van der Waals surface area contributed by atoms with Gasteiger partial charge in [-0.3, -0.25) is 0 Å². The lowest BCUT2D eigenvalue weighted by Gasteiger charge is -2.38. The zero-order valence-corrected chi connectivity index (χ0v) is 14.0. The Bertz CT molecular complexity index is 129. The van der Waals surface area contributed by atoms with Crippen molar-refractivity contribution in [2.75, 3.05) is 0 Å². The molecule has 0 aromatic rings. The SMILES string of the molecule is C=C[Si]([SiH](C)C)([SiH](C)C)[SiH](C)C. The van der Waals surface area contributed by atoms with Crippen LogP contribution in [0.3, 0.4) is 0 Å². The van der Waals surface area contributed by atoms with E-state index in [2.05, 4.69) is 51.6 Å². The van der Waals surface area contributed by atoms with Crippen LogP contribution in [0.5, 0.6) is 0 Å². The van der Waals surface area contributed by atoms with Crippen molar-refractivity contribution in [2.24, 2.45) is 0 Å². The van der Waals surface area contributed by atoms with Gasteiger partial charge in [0.2, 0.25) is 0 Å². The van der Waals surface area contributed by atoms with E-state index in [-0.39, 0.29) is 0 Å². The summed E-state index contributed by atoms with van der Waals surface area (Å²) in [5.74, 6) is 0. The van der Waals surface area contributed by atoms with E-state index in [1.54, 1.807) is 0 Å². The van der Waals surface area contributed by atoms with Crippen molar-refractivity contribution >= 4 is 31.6 Å². The maximum absolute atomic E-state index is 4.16. The van der Waals surface area contributed by atoms with Gasteiger partial charge in [0.05, 0.1) is 0 Å². The van der Waals surface area contributed by atoms with Crippen molar-refractivity contribution in [1.29, 1.82) is 0 Å². The highest BCUT2D eigenvalue weighted by molar-refractivity contribution is 7.81. The second kappa shape index (κ2) is 4.74. The second-order valence-electron chi connectivity index (χ2n) is 4.67. The first-order valence-electron chi connectivity index (χ1n) is 5.03. The Kier molecular flexibility index (Phi) is 4.98. The van der Waals surface area contributed by atoms with Crippen molar-refractivity contribution in [3.8, 4) is 0 Å². The van der Waals surface area contributed by atoms with Gasteiger partial charge in [0.15, 0.2) is 0 Å². The summed E-state index contributed by atoms with van der Waals surface area (Å²) in [4.78, 5) is 0. The van der Waals surface area contributed by atoms with E-state index < -0.39 is 31.6 Å². The lowest BCUT2D eigenvalue weighted by molar-refractivity contribution is 1.97. The molecule has 72 valence electrons. The molecule has 0 unspecified atom stereocenters. The number of hydrogen-bond acceptors (Lipinski definition) is 0. The zero-order valence-electron chi connectivity index (χ0n) is 9.52. The van der Waals surface area contributed by atoms with Crippen LogP contribution in [0.4, 0.5) is 0 Å². The van der Waals surface area contributed by atoms with Gasteiger partial charge in [0.1, 0.15) is 0 Å². The lowest BCUT2D eigenvalue weighted by Crippen LogP contribution is -2.66. The summed E-state index contributed by atoms with van der Waals surface area (Å²) in [7, 11) is -1.18. The zero-order chi connectivity index (χ0) is 9.94. The van der Waals surface area contributed by atoms with Gasteiger partial charge in [0.25, 0.3) is 0 Å². The summed E-state index contributed by atoms with van der Waals surface area (Å²) >= 11 is 0. The molecule has 0 saturated carbocycles. The van der Waals surface area contributed by atoms with E-state index in [1.807, 2.05) is 0 Å². The Balaban J connectivity index is 4.89. The van der Waals surface area contributed by atoms with E-state index in [1.165, 1.54) is 0 Å². The van der Waals surface area contributed by atoms with E-state index in [9.17, 15) is 0 Å². The molecular formula is C8H24Si4. The van der Waals surface area contributed by atoms with Crippen LogP contribution in [0, 0.1) is 0 Å². The first kappa shape index (κ1) is 12.6. The topological polar surface area (TPSA) is 0 Å². The molecule has 0 heterocycles. The minimum absolute atomic E-state index is 0.393. The third kappa shape index (κ3) is 2.10. The Morgan fingerprint density at radius 1 is 0.833 bits per heavy atom. The molecule has 0 bridgehead atoms. The average Bonchev–Trinajstić information content (AvgIpc) is 1.86. The van der Waals surface area contributed by atoms with Crippen LogP contribution in [0.25, 0.3) is 0 Å². The van der Waals surface area contributed by atoms with Gasteiger partial charge in [-0.2, -0.15) is 0 Å². The molecular weight excluding hydrogens is 208 g/mol. The first-order valence-corrected chi connectivity index (χ1v) is 19.5. The maximum Gasteiger partial charge on any atom is 0.0488 e. The Morgan fingerprint density at radius 3 is 1.08 bits per heavy atom. The molecule has 0 spiro atoms. The fraction of sp³-hybridized carbons (Fsp3) is 0.750. The molecule has 0 N–H and O–H groups in total. The van der Waals surface area contributed by atoms with Gasteiger partial charge in [-0.15, -0.1) is 12.3 Å². The average molecular weight is 233 g/mol. The highest BCUT2D eigenvalue weighted by Gasteiger charge is 2.40. The number of rotatable bonds is 4. The standard InChI is InChI=1S/C8H24Si4/c1-8-12(9(2)3,10(4)5)11(6)7/h8-11H,1H2,2-7H3. The Labute approximate surface area is 83.3 Å². The summed E-state index contributed by atoms with van der Waals surface area (Å²) in [5.41, 5.74) is 2.48. The van der Waals surface area contributed by atoms with Gasteiger partial charge < -0.3 is 0 Å². The Hall–Kier alpha value is 0.608. The minimum atomic E-state index is -0.821. The predicted octanol–water partition coefficient (Wildman–Crippen LogP) is 1.86. The van der Waals surface area contributed by atoms with Crippen LogP contribution in [0.1, 0.15) is 0 Å². The molecule has 0 aromatic heterocycles. The van der Waals surface area contributed by atoms with Crippen molar-refractivity contribution in [1.82, 2.24) is 0 Å². The lowest BCUT2D eigenvalue weighted by atomic mass is 11.3. The van der Waals surface area contributed by atoms with Crippen LogP contribution in [-0.2, 0) is 0 Å². The molecule has 12 heavy (non-hydrogen) atoms. The summed E-state index contributed by atoms with van der Waals surface area (Å²) in [6.07, 6.45) is 0. The van der Waals surface area contributed by atoms with E-state index in [0.29, 0.717) is 0 Å². The first-order chi connectivity index (χ1) is 5.39. The van der Waals surface area contributed by atoms with E-state index >= 15 is 0 Å². The van der Waals surface area contributed by atoms with Gasteiger partial charge in [-0.1, -0.05) is 39.3 Å². The summed E-state index contributed by atoms with van der Waals surface area (Å²) in [5, 5.41) is 0. The molecule has 0 aliphatic heterocycles. The fourth-order valence-electron chi connectivity index (χ4n) is 2.71. The molecule has 0 amide bonds. The summed E-state index contributed by atoms with van der Waals surface area (Å²) in [6, 6.07) is 0. The molecule has 4 heteroatoms. The molecule has 0 nitrogen and oxygen atoms in total. The highest BCUT2D eigenvalue weighted by Crippen LogP contribution is 2.17. The molecule has 0 fully saturated rings. The Morgan fingerprint density at radius 2 is 1.08 bits per heavy atom. The highest BCUT2D eigenvalue weighted by atomic mass is 29.9. The smallest absolute Gasteiger partial charge is 0.0488 e. The third-order valence-corrected chi connectivity index (χ3v) is 66.2. The minimum Gasteiger partial charge on any atom is -0.110 e. The normalized spacial score (nSPS) is 13.1. The monoisotopic (exact) mass is 232 g/mol. The molecule has 0 saturated heterocycles. The van der Waals surface area contributed by atoms with Gasteiger partial charge >= 0.3 is 0 Å². The molecule has 0 rings (SSSR count). The third-order valence-electron chi connectivity index (χ3n) is 3.35. The summed E-state index contributed by atoms with van der Waals surface area (Å²) < 4.78 is 0. The fourth-order valence-corrected chi connectivity index (χ4v) is 60.4. The molecule has 0 aliphatic carbocycles. The quantitative estimate of drug-likeness (QED) is 0.649. The van der Waals surface area contributed by atoms with Crippen molar-refractivity contribution in [3.05, 3.63) is 12.3 Å². The van der Waals surface area contributed by atoms with Crippen molar-refractivity contribution in [2.45, 2.75) is 39.3 Å². The predicted molar refractivity (Wildman–Crippen MR) is 72.6 cm³/mol. The molecule has 0 atom stereocenters. The summed E-state index contributed by atoms with van der Waals surface area (Å²) in [6.45, 7) is 18.7. The number of hydrogen-bond donors (Lipinski definition) is 0. The van der Waals surface area contributed by atoms with Crippen LogP contribution in [-0.4, -0.2) is 31.6 Å². The molecule has 0 radical (unpaired) electrons. The van der Waals surface area contributed by atoms with Gasteiger partial charge in [-0.25, -0.2) is 0 Å². The van der Waals surface area contributed by atoms with Crippen LogP contribution >= 0.6 is 0 Å². The van der Waals surface area contributed by atoms with Crippen LogP contribution in [0.15, 0.2) is 12.3 Å². The van der Waals surface area contributed by atoms with E-state index in [4.69, 9.17) is 0 Å². The molecule has 0 aromatic carbocycles. The van der Waals surface area contributed by atoms with Crippen LogP contribution in [0.2, 0.25) is 39.3 Å². The van der Waals surface area contributed by atoms with Crippen molar-refractivity contribution < 1.29 is 0 Å². The van der Waals surface area contributed by atoms with Gasteiger partial charge in [0, 0.05) is 31.6 Å². The van der Waals surface area contributed by atoms with E-state index in [0.717, 1.165) is 0 Å².